The standard InChI is InChI=1S/C28H26FN3O4/c1-2-32(22-8-4-3-5-9-22)26(33)18-36-28(35)25(31-27(34)19-12-14-21(29)15-13-19)16-20-17-30-24-11-7-6-10-23(20)24/h3-15,17,25,30H,2,16,18H2,1H3,(H,31,34)/t25-/m0/s1. The number of hydrogen-bond donors (Lipinski definition) is 2. The molecular formula is C28H26FN3O4. The van der Waals surface area contributed by atoms with E-state index >= 15 is 0 Å². The molecule has 1 aromatic heterocycles. The smallest absolute Gasteiger partial charge is 0.329 e. The summed E-state index contributed by atoms with van der Waals surface area (Å²) in [5.41, 5.74) is 2.59. The monoisotopic (exact) mass is 487 g/mol. The predicted octanol–water partition coefficient (Wildman–Crippen LogP) is 4.24. The van der Waals surface area contributed by atoms with Crippen LogP contribution in [-0.4, -0.2) is 42.0 Å². The second kappa shape index (κ2) is 11.3. The number of carbonyl (C=O) groups excluding carboxylic acids is 3. The summed E-state index contributed by atoms with van der Waals surface area (Å²) in [6, 6.07) is 20.6. The molecule has 0 aliphatic rings. The van der Waals surface area contributed by atoms with Gasteiger partial charge in [-0.3, -0.25) is 9.59 Å². The fourth-order valence-corrected chi connectivity index (χ4v) is 3.98. The van der Waals surface area contributed by atoms with Gasteiger partial charge in [0.15, 0.2) is 6.61 Å². The third-order valence-corrected chi connectivity index (χ3v) is 5.82. The van der Waals surface area contributed by atoms with Crippen LogP contribution in [0.1, 0.15) is 22.8 Å². The number of anilines is 1. The maximum Gasteiger partial charge on any atom is 0.329 e. The molecule has 0 radical (unpaired) electrons. The van der Waals surface area contributed by atoms with Gasteiger partial charge in [0.25, 0.3) is 11.8 Å². The van der Waals surface area contributed by atoms with Gasteiger partial charge in [-0.05, 0) is 55.0 Å². The lowest BCUT2D eigenvalue weighted by Crippen LogP contribution is -2.44. The molecule has 2 amide bonds. The number of carbonyl (C=O) groups is 3. The van der Waals surface area contributed by atoms with Gasteiger partial charge in [0.1, 0.15) is 11.9 Å². The number of rotatable bonds is 9. The van der Waals surface area contributed by atoms with Gasteiger partial charge in [-0.1, -0.05) is 36.4 Å². The first-order valence-corrected chi connectivity index (χ1v) is 11.6. The fraction of sp³-hybridized carbons (Fsp3) is 0.179. The van der Waals surface area contributed by atoms with Crippen LogP contribution >= 0.6 is 0 Å². The van der Waals surface area contributed by atoms with Gasteiger partial charge >= 0.3 is 5.97 Å². The Morgan fingerprint density at radius 3 is 2.39 bits per heavy atom. The van der Waals surface area contributed by atoms with Crippen LogP contribution in [0.25, 0.3) is 10.9 Å². The quantitative estimate of drug-likeness (QED) is 0.346. The number of fused-ring (bicyclic) bond motifs is 1. The molecule has 1 heterocycles. The van der Waals surface area contributed by atoms with Gasteiger partial charge in [-0.2, -0.15) is 0 Å². The number of halogens is 1. The van der Waals surface area contributed by atoms with Crippen LogP contribution in [0.3, 0.4) is 0 Å². The van der Waals surface area contributed by atoms with E-state index < -0.39 is 30.3 Å². The fourth-order valence-electron chi connectivity index (χ4n) is 3.98. The van der Waals surface area contributed by atoms with E-state index in [-0.39, 0.29) is 17.9 Å². The van der Waals surface area contributed by atoms with Gasteiger partial charge in [0, 0.05) is 41.3 Å². The van der Waals surface area contributed by atoms with Crippen molar-refractivity contribution >= 4 is 34.4 Å². The van der Waals surface area contributed by atoms with Gasteiger partial charge in [-0.15, -0.1) is 0 Å². The summed E-state index contributed by atoms with van der Waals surface area (Å²) in [7, 11) is 0. The van der Waals surface area contributed by atoms with Crippen molar-refractivity contribution in [3.63, 3.8) is 0 Å². The predicted molar refractivity (Wildman–Crippen MR) is 135 cm³/mol. The Morgan fingerprint density at radius 1 is 0.972 bits per heavy atom. The Bertz CT molecular complexity index is 1350. The van der Waals surface area contributed by atoms with Crippen molar-refractivity contribution < 1.29 is 23.5 Å². The average Bonchev–Trinajstić information content (AvgIpc) is 3.31. The van der Waals surface area contributed by atoms with Crippen LogP contribution in [0.5, 0.6) is 0 Å². The van der Waals surface area contributed by atoms with E-state index in [9.17, 15) is 18.8 Å². The minimum Gasteiger partial charge on any atom is -0.454 e. The number of nitrogens with zero attached hydrogens (tertiary/aromatic N) is 1. The first kappa shape index (κ1) is 24.7. The summed E-state index contributed by atoms with van der Waals surface area (Å²) in [6.45, 7) is 1.76. The number of aromatic amines is 1. The van der Waals surface area contributed by atoms with Crippen LogP contribution in [0.2, 0.25) is 0 Å². The molecule has 184 valence electrons. The molecule has 0 unspecified atom stereocenters. The van der Waals surface area contributed by atoms with Crippen molar-refractivity contribution in [2.24, 2.45) is 0 Å². The average molecular weight is 488 g/mol. The zero-order chi connectivity index (χ0) is 25.5. The molecule has 0 spiro atoms. The molecule has 2 N–H and O–H groups in total. The highest BCUT2D eigenvalue weighted by molar-refractivity contribution is 5.98. The number of esters is 1. The van der Waals surface area contributed by atoms with Crippen molar-refractivity contribution in [3.05, 3.63) is 102 Å². The summed E-state index contributed by atoms with van der Waals surface area (Å²) >= 11 is 0. The molecule has 7 nitrogen and oxygen atoms in total. The molecule has 0 bridgehead atoms. The van der Waals surface area contributed by atoms with Crippen molar-refractivity contribution in [1.29, 1.82) is 0 Å². The molecule has 4 aromatic rings. The lowest BCUT2D eigenvalue weighted by molar-refractivity contribution is -0.149. The lowest BCUT2D eigenvalue weighted by Gasteiger charge is -2.22. The van der Waals surface area contributed by atoms with Crippen molar-refractivity contribution in [2.75, 3.05) is 18.1 Å². The number of aromatic nitrogens is 1. The highest BCUT2D eigenvalue weighted by Crippen LogP contribution is 2.20. The molecule has 0 saturated carbocycles. The van der Waals surface area contributed by atoms with Crippen LogP contribution in [-0.2, 0) is 20.7 Å². The zero-order valence-electron chi connectivity index (χ0n) is 19.7. The van der Waals surface area contributed by atoms with Crippen LogP contribution < -0.4 is 10.2 Å². The van der Waals surface area contributed by atoms with Gasteiger partial charge < -0.3 is 19.9 Å². The number of amides is 2. The minimum absolute atomic E-state index is 0.139. The third kappa shape index (κ3) is 5.78. The number of benzene rings is 3. The summed E-state index contributed by atoms with van der Waals surface area (Å²) in [5.74, 6) is -2.15. The number of hydrogen-bond acceptors (Lipinski definition) is 4. The minimum atomic E-state index is -1.07. The summed E-state index contributed by atoms with van der Waals surface area (Å²) in [4.78, 5) is 43.4. The van der Waals surface area contributed by atoms with E-state index in [0.29, 0.717) is 12.2 Å². The number of likely N-dealkylation sites (N-methyl/N-ethyl adjacent to an activating group) is 1. The number of H-pyrrole nitrogens is 1. The summed E-state index contributed by atoms with van der Waals surface area (Å²) < 4.78 is 18.7. The Balaban J connectivity index is 1.50. The Morgan fingerprint density at radius 2 is 1.67 bits per heavy atom. The molecule has 0 saturated heterocycles. The third-order valence-electron chi connectivity index (χ3n) is 5.82. The van der Waals surface area contributed by atoms with Crippen LogP contribution in [0.4, 0.5) is 10.1 Å². The molecule has 4 rings (SSSR count). The largest absolute Gasteiger partial charge is 0.454 e. The van der Waals surface area contributed by atoms with E-state index in [0.717, 1.165) is 16.5 Å². The van der Waals surface area contributed by atoms with Gasteiger partial charge in [0.05, 0.1) is 0 Å². The highest BCUT2D eigenvalue weighted by atomic mass is 19.1. The molecule has 0 aliphatic carbocycles. The summed E-state index contributed by atoms with van der Waals surface area (Å²) in [6.07, 6.45) is 1.91. The van der Waals surface area contributed by atoms with Crippen molar-refractivity contribution in [3.8, 4) is 0 Å². The molecule has 36 heavy (non-hydrogen) atoms. The maximum absolute atomic E-state index is 13.3. The zero-order valence-corrected chi connectivity index (χ0v) is 19.7. The molecule has 3 aromatic carbocycles. The second-order valence-electron chi connectivity index (χ2n) is 8.18. The van der Waals surface area contributed by atoms with E-state index in [1.54, 1.807) is 18.3 Å². The Kier molecular flexibility index (Phi) is 7.75. The molecular weight excluding hydrogens is 461 g/mol. The summed E-state index contributed by atoms with van der Waals surface area (Å²) in [5, 5.41) is 3.59. The van der Waals surface area contributed by atoms with Gasteiger partial charge in [0.2, 0.25) is 0 Å². The van der Waals surface area contributed by atoms with E-state index in [2.05, 4.69) is 10.3 Å². The first-order chi connectivity index (χ1) is 17.5. The van der Waals surface area contributed by atoms with Crippen LogP contribution in [0, 0.1) is 5.82 Å². The van der Waals surface area contributed by atoms with Crippen molar-refractivity contribution in [2.45, 2.75) is 19.4 Å². The molecule has 0 fully saturated rings. The molecule has 8 heteroatoms. The molecule has 1 atom stereocenters. The highest BCUT2D eigenvalue weighted by Gasteiger charge is 2.26. The number of para-hydroxylation sites is 2. The maximum atomic E-state index is 13.3. The van der Waals surface area contributed by atoms with E-state index in [1.807, 2.05) is 49.4 Å². The number of ether oxygens (including phenoxy) is 1. The second-order valence-corrected chi connectivity index (χ2v) is 8.18. The normalized spacial score (nSPS) is 11.6. The lowest BCUT2D eigenvalue weighted by atomic mass is 10.0. The molecule has 0 aliphatic heterocycles. The Labute approximate surface area is 207 Å². The first-order valence-electron chi connectivity index (χ1n) is 11.6. The topological polar surface area (TPSA) is 91.5 Å². The Hall–Kier alpha value is -4.46. The van der Waals surface area contributed by atoms with Crippen LogP contribution in [0.15, 0.2) is 85.1 Å². The van der Waals surface area contributed by atoms with Crippen molar-refractivity contribution in [1.82, 2.24) is 10.3 Å². The SMILES string of the molecule is CCN(C(=O)COC(=O)[C@H](Cc1c[nH]c2ccccc12)NC(=O)c1ccc(F)cc1)c1ccccc1. The van der Waals surface area contributed by atoms with E-state index in [4.69, 9.17) is 4.74 Å². The van der Waals surface area contributed by atoms with Gasteiger partial charge in [-0.25, -0.2) is 9.18 Å². The number of nitrogens with one attached hydrogen (secondary N) is 2. The van der Waals surface area contributed by atoms with E-state index in [1.165, 1.54) is 29.2 Å².